The highest BCUT2D eigenvalue weighted by molar-refractivity contribution is 7.90. The number of sulfone groups is 1. The summed E-state index contributed by atoms with van der Waals surface area (Å²) in [7, 11) is -1.90. The first-order valence-electron chi connectivity index (χ1n) is 11.5. The van der Waals surface area contributed by atoms with Gasteiger partial charge in [0.15, 0.2) is 21.5 Å². The summed E-state index contributed by atoms with van der Waals surface area (Å²) in [6, 6.07) is 14.8. The van der Waals surface area contributed by atoms with Crippen LogP contribution in [0.25, 0.3) is 0 Å². The molecule has 1 aromatic heterocycles. The number of ether oxygens (including phenoxy) is 1. The van der Waals surface area contributed by atoms with Crippen molar-refractivity contribution in [2.75, 3.05) is 38.2 Å². The second kappa shape index (κ2) is 10.1. The number of aromatic nitrogens is 4. The lowest BCUT2D eigenvalue weighted by Gasteiger charge is -2.41. The van der Waals surface area contributed by atoms with E-state index in [1.54, 1.807) is 31.4 Å². The number of benzene rings is 2. The number of hydrogen-bond donors (Lipinski definition) is 0. The molecule has 1 unspecified atom stereocenters. The van der Waals surface area contributed by atoms with E-state index in [9.17, 15) is 8.42 Å². The third-order valence-electron chi connectivity index (χ3n) is 6.26. The number of anilines is 1. The predicted octanol–water partition coefficient (Wildman–Crippen LogP) is 2.94. The van der Waals surface area contributed by atoms with Crippen LogP contribution in [0.5, 0.6) is 5.75 Å². The first-order chi connectivity index (χ1) is 16.3. The van der Waals surface area contributed by atoms with Crippen LogP contribution in [-0.2, 0) is 15.7 Å². The Kier molecular flexibility index (Phi) is 7.18. The number of piperazine rings is 1. The van der Waals surface area contributed by atoms with Gasteiger partial charge in [-0.2, -0.15) is 0 Å². The molecule has 0 amide bonds. The summed E-state index contributed by atoms with van der Waals surface area (Å²) < 4.78 is 33.1. The van der Waals surface area contributed by atoms with Gasteiger partial charge in [0.2, 0.25) is 0 Å². The second-order valence-corrected chi connectivity index (χ2v) is 10.9. The van der Waals surface area contributed by atoms with Crippen LogP contribution < -0.4 is 9.64 Å². The van der Waals surface area contributed by atoms with Crippen molar-refractivity contribution < 1.29 is 13.2 Å². The fourth-order valence-electron chi connectivity index (χ4n) is 4.51. The number of rotatable bonds is 8. The van der Waals surface area contributed by atoms with Crippen molar-refractivity contribution in [3.63, 3.8) is 0 Å². The van der Waals surface area contributed by atoms with Crippen LogP contribution in [0.3, 0.4) is 0 Å². The maximum absolute atomic E-state index is 13.0. The van der Waals surface area contributed by atoms with Gasteiger partial charge in [-0.25, -0.2) is 13.1 Å². The number of methoxy groups -OCH3 is 1. The molecule has 10 heteroatoms. The van der Waals surface area contributed by atoms with Crippen LogP contribution in [0, 0.1) is 12.8 Å². The summed E-state index contributed by atoms with van der Waals surface area (Å²) >= 11 is 0. The topological polar surface area (TPSA) is 93.4 Å². The minimum Gasteiger partial charge on any atom is -0.495 e. The normalized spacial score (nSPS) is 16.1. The molecule has 182 valence electrons. The van der Waals surface area contributed by atoms with Gasteiger partial charge in [0, 0.05) is 26.2 Å². The van der Waals surface area contributed by atoms with Gasteiger partial charge in [0.25, 0.3) is 0 Å². The van der Waals surface area contributed by atoms with Crippen LogP contribution in [0.2, 0.25) is 0 Å². The lowest BCUT2D eigenvalue weighted by molar-refractivity contribution is 0.135. The van der Waals surface area contributed by atoms with Crippen molar-refractivity contribution in [3.05, 3.63) is 59.9 Å². The molecule has 0 radical (unpaired) electrons. The Hall–Kier alpha value is -2.98. The van der Waals surface area contributed by atoms with E-state index in [0.717, 1.165) is 43.2 Å². The van der Waals surface area contributed by atoms with Crippen LogP contribution in [-0.4, -0.2) is 66.8 Å². The summed E-state index contributed by atoms with van der Waals surface area (Å²) in [6.07, 6.45) is 0. The summed E-state index contributed by atoms with van der Waals surface area (Å²) in [6.45, 7) is 9.42. The average Bonchev–Trinajstić information content (AvgIpc) is 3.26. The van der Waals surface area contributed by atoms with E-state index in [2.05, 4.69) is 45.2 Å². The van der Waals surface area contributed by atoms with Crippen molar-refractivity contribution in [2.45, 2.75) is 37.6 Å². The summed E-state index contributed by atoms with van der Waals surface area (Å²) in [4.78, 5) is 4.93. The monoisotopic (exact) mass is 484 g/mol. The molecule has 2 aromatic carbocycles. The molecule has 2 heterocycles. The molecule has 9 nitrogen and oxygen atoms in total. The van der Waals surface area contributed by atoms with E-state index in [1.165, 1.54) is 4.68 Å². The lowest BCUT2D eigenvalue weighted by atomic mass is 10.0. The molecule has 1 atom stereocenters. The molecule has 0 aliphatic carbocycles. The molecular weight excluding hydrogens is 452 g/mol. The fourth-order valence-corrected chi connectivity index (χ4v) is 5.72. The van der Waals surface area contributed by atoms with Gasteiger partial charge in [0.05, 0.1) is 23.7 Å². The molecule has 0 spiro atoms. The minimum absolute atomic E-state index is 0.0944. The third kappa shape index (κ3) is 5.07. The zero-order chi connectivity index (χ0) is 24.3. The van der Waals surface area contributed by atoms with E-state index in [-0.39, 0.29) is 22.7 Å². The maximum Gasteiger partial charge on any atom is 0.198 e. The molecule has 1 aliphatic rings. The second-order valence-electron chi connectivity index (χ2n) is 8.98. The predicted molar refractivity (Wildman–Crippen MR) is 131 cm³/mol. The number of para-hydroxylation sites is 2. The standard InChI is InChI=1S/C24H32N6O3S/c1-18(2)23(29-15-13-28(14-16-29)21-7-5-6-8-22(21)33-4)24-25-26-27-30(24)17-34(31,32)20-11-9-19(3)10-12-20/h5-12,18,23H,13-17H2,1-4H3. The molecule has 1 aliphatic heterocycles. The quantitative estimate of drug-likeness (QED) is 0.482. The van der Waals surface area contributed by atoms with Crippen molar-refractivity contribution in [3.8, 4) is 5.75 Å². The summed E-state index contributed by atoms with van der Waals surface area (Å²) in [5.41, 5.74) is 2.09. The zero-order valence-corrected chi connectivity index (χ0v) is 20.9. The Labute approximate surface area is 201 Å². The van der Waals surface area contributed by atoms with Crippen molar-refractivity contribution in [1.29, 1.82) is 0 Å². The zero-order valence-electron chi connectivity index (χ0n) is 20.1. The molecule has 3 aromatic rings. The minimum atomic E-state index is -3.59. The molecule has 0 bridgehead atoms. The van der Waals surface area contributed by atoms with Gasteiger partial charge in [-0.1, -0.05) is 43.7 Å². The van der Waals surface area contributed by atoms with E-state index < -0.39 is 9.84 Å². The Bertz CT molecular complexity index is 1200. The van der Waals surface area contributed by atoms with E-state index in [0.29, 0.717) is 5.82 Å². The highest BCUT2D eigenvalue weighted by Crippen LogP contribution is 2.32. The smallest absolute Gasteiger partial charge is 0.198 e. The number of nitrogens with zero attached hydrogens (tertiary/aromatic N) is 6. The average molecular weight is 485 g/mol. The van der Waals surface area contributed by atoms with Crippen LogP contribution in [0.15, 0.2) is 53.4 Å². The Morgan fingerprint density at radius 3 is 2.32 bits per heavy atom. The molecule has 1 saturated heterocycles. The highest BCUT2D eigenvalue weighted by Gasteiger charge is 2.33. The summed E-state index contributed by atoms with van der Waals surface area (Å²) in [5, 5.41) is 12.2. The first kappa shape index (κ1) is 24.2. The summed E-state index contributed by atoms with van der Waals surface area (Å²) in [5.74, 6) is 1.35. The number of aryl methyl sites for hydroxylation is 1. The fraction of sp³-hybridized carbons (Fsp3) is 0.458. The molecule has 1 fully saturated rings. The van der Waals surface area contributed by atoms with Gasteiger partial charge in [-0.3, -0.25) is 4.90 Å². The van der Waals surface area contributed by atoms with Crippen LogP contribution >= 0.6 is 0 Å². The lowest BCUT2D eigenvalue weighted by Crippen LogP contribution is -2.49. The third-order valence-corrected chi connectivity index (χ3v) is 7.84. The number of tetrazole rings is 1. The molecule has 34 heavy (non-hydrogen) atoms. The molecular formula is C24H32N6O3S. The molecule has 0 saturated carbocycles. The van der Waals surface area contributed by atoms with Gasteiger partial charge in [0.1, 0.15) is 5.75 Å². The Morgan fingerprint density at radius 1 is 1.00 bits per heavy atom. The molecule has 0 N–H and O–H groups in total. The van der Waals surface area contributed by atoms with Crippen LogP contribution in [0.4, 0.5) is 5.69 Å². The Balaban J connectivity index is 1.52. The largest absolute Gasteiger partial charge is 0.495 e. The van der Waals surface area contributed by atoms with Gasteiger partial charge in [-0.15, -0.1) is 5.10 Å². The SMILES string of the molecule is COc1ccccc1N1CCN(C(c2nnnn2CS(=O)(=O)c2ccc(C)cc2)C(C)C)CC1. The van der Waals surface area contributed by atoms with Crippen molar-refractivity contribution >= 4 is 15.5 Å². The first-order valence-corrected chi connectivity index (χ1v) is 13.1. The van der Waals surface area contributed by atoms with E-state index >= 15 is 0 Å². The highest BCUT2D eigenvalue weighted by atomic mass is 32.2. The van der Waals surface area contributed by atoms with Crippen molar-refractivity contribution in [2.24, 2.45) is 5.92 Å². The van der Waals surface area contributed by atoms with Gasteiger partial charge in [-0.05, 0) is 47.5 Å². The van der Waals surface area contributed by atoms with Crippen LogP contribution in [0.1, 0.15) is 31.3 Å². The Morgan fingerprint density at radius 2 is 1.68 bits per heavy atom. The van der Waals surface area contributed by atoms with Gasteiger partial charge >= 0.3 is 0 Å². The van der Waals surface area contributed by atoms with Gasteiger partial charge < -0.3 is 9.64 Å². The van der Waals surface area contributed by atoms with E-state index in [4.69, 9.17) is 4.74 Å². The van der Waals surface area contributed by atoms with E-state index in [1.807, 2.05) is 25.1 Å². The maximum atomic E-state index is 13.0. The van der Waals surface area contributed by atoms with Crippen molar-refractivity contribution in [1.82, 2.24) is 25.1 Å². The number of hydrogen-bond acceptors (Lipinski definition) is 8. The molecule has 4 rings (SSSR count).